The van der Waals surface area contributed by atoms with Crippen LogP contribution < -0.4 is 11.3 Å². The molecule has 0 spiro atoms. The van der Waals surface area contributed by atoms with Gasteiger partial charge in [0, 0.05) is 6.04 Å². The fourth-order valence-electron chi connectivity index (χ4n) is 1.03. The lowest BCUT2D eigenvalue weighted by Gasteiger charge is -2.33. The minimum atomic E-state index is 0.184. The van der Waals surface area contributed by atoms with Crippen LogP contribution in [0, 0.1) is 5.41 Å². The fourth-order valence-corrected chi connectivity index (χ4v) is 1.03. The number of ether oxygens (including phenoxy) is 1. The third-order valence-electron chi connectivity index (χ3n) is 2.65. The predicted octanol–water partition coefficient (Wildman–Crippen LogP) is 1.68. The van der Waals surface area contributed by atoms with E-state index in [1.54, 1.807) is 0 Å². The molecule has 0 bridgehead atoms. The molecule has 3 N–H and O–H groups in total. The topological polar surface area (TPSA) is 47.3 Å². The highest BCUT2D eigenvalue weighted by atomic mass is 16.5. The van der Waals surface area contributed by atoms with Crippen LogP contribution in [-0.4, -0.2) is 18.8 Å². The Morgan fingerprint density at radius 2 is 1.92 bits per heavy atom. The summed E-state index contributed by atoms with van der Waals surface area (Å²) in [5.74, 6) is 5.49. The Kier molecular flexibility index (Phi) is 5.53. The molecule has 0 aromatic rings. The molecule has 0 fully saturated rings. The highest BCUT2D eigenvalue weighted by Gasteiger charge is 2.26. The average molecular weight is 188 g/mol. The molecule has 0 radical (unpaired) electrons. The Morgan fingerprint density at radius 1 is 1.38 bits per heavy atom. The molecule has 0 amide bonds. The first-order valence-electron chi connectivity index (χ1n) is 5.01. The van der Waals surface area contributed by atoms with E-state index in [1.165, 1.54) is 0 Å². The molecule has 0 aliphatic heterocycles. The van der Waals surface area contributed by atoms with E-state index in [9.17, 15) is 0 Å². The molecule has 1 unspecified atom stereocenters. The molecule has 3 nitrogen and oxygen atoms in total. The number of hydrazine groups is 1. The zero-order valence-electron chi connectivity index (χ0n) is 9.55. The molecule has 80 valence electrons. The summed E-state index contributed by atoms with van der Waals surface area (Å²) in [4.78, 5) is 0. The van der Waals surface area contributed by atoms with Gasteiger partial charge in [0.2, 0.25) is 0 Å². The minimum absolute atomic E-state index is 0.184. The molecule has 0 rings (SSSR count). The van der Waals surface area contributed by atoms with Crippen molar-refractivity contribution in [2.24, 2.45) is 11.3 Å². The van der Waals surface area contributed by atoms with Crippen LogP contribution in [0.15, 0.2) is 0 Å². The number of hydrogen-bond donors (Lipinski definition) is 2. The number of hydrogen-bond acceptors (Lipinski definition) is 3. The van der Waals surface area contributed by atoms with E-state index in [0.717, 1.165) is 6.42 Å². The first-order chi connectivity index (χ1) is 5.94. The summed E-state index contributed by atoms with van der Waals surface area (Å²) in [6, 6.07) is 0.222. The molecule has 0 aliphatic carbocycles. The van der Waals surface area contributed by atoms with Crippen molar-refractivity contribution >= 4 is 0 Å². The van der Waals surface area contributed by atoms with Gasteiger partial charge in [-0.1, -0.05) is 20.8 Å². The van der Waals surface area contributed by atoms with Crippen LogP contribution in [-0.2, 0) is 4.74 Å². The second-order valence-electron chi connectivity index (χ2n) is 4.44. The highest BCUT2D eigenvalue weighted by molar-refractivity contribution is 4.81. The summed E-state index contributed by atoms with van der Waals surface area (Å²) in [5.41, 5.74) is 3.01. The molecule has 1 atom stereocenters. The Bertz CT molecular complexity index is 135. The second kappa shape index (κ2) is 5.58. The zero-order chi connectivity index (χ0) is 10.5. The molecule has 0 saturated carbocycles. The largest absolute Gasteiger partial charge is 0.377 e. The second-order valence-corrected chi connectivity index (χ2v) is 4.44. The van der Waals surface area contributed by atoms with Gasteiger partial charge in [-0.2, -0.15) is 0 Å². The van der Waals surface area contributed by atoms with Crippen molar-refractivity contribution in [2.45, 2.75) is 53.2 Å². The van der Waals surface area contributed by atoms with Gasteiger partial charge in [0.05, 0.1) is 12.7 Å². The summed E-state index contributed by atoms with van der Waals surface area (Å²) in [6.45, 7) is 11.3. The van der Waals surface area contributed by atoms with Crippen molar-refractivity contribution in [2.75, 3.05) is 6.61 Å². The van der Waals surface area contributed by atoms with Crippen molar-refractivity contribution in [3.8, 4) is 0 Å². The van der Waals surface area contributed by atoms with Gasteiger partial charge in [-0.25, -0.2) is 0 Å². The van der Waals surface area contributed by atoms with Crippen molar-refractivity contribution in [1.29, 1.82) is 0 Å². The molecular weight excluding hydrogens is 164 g/mol. The minimum Gasteiger partial charge on any atom is -0.377 e. The van der Waals surface area contributed by atoms with E-state index in [4.69, 9.17) is 10.6 Å². The van der Waals surface area contributed by atoms with Gasteiger partial charge >= 0.3 is 0 Å². The number of nitrogens with one attached hydrogen (secondary N) is 1. The van der Waals surface area contributed by atoms with E-state index in [0.29, 0.717) is 6.61 Å². The molecule has 0 aromatic carbocycles. The lowest BCUT2D eigenvalue weighted by Crippen LogP contribution is -2.48. The van der Waals surface area contributed by atoms with E-state index in [-0.39, 0.29) is 17.6 Å². The summed E-state index contributed by atoms with van der Waals surface area (Å²) >= 11 is 0. The van der Waals surface area contributed by atoms with Gasteiger partial charge < -0.3 is 4.74 Å². The van der Waals surface area contributed by atoms with Gasteiger partial charge in [-0.3, -0.25) is 11.3 Å². The third-order valence-corrected chi connectivity index (χ3v) is 2.65. The first-order valence-corrected chi connectivity index (χ1v) is 5.01. The summed E-state index contributed by atoms with van der Waals surface area (Å²) in [7, 11) is 0. The average Bonchev–Trinajstić information content (AvgIpc) is 2.04. The van der Waals surface area contributed by atoms with Crippen LogP contribution in [0.3, 0.4) is 0 Å². The molecule has 0 heterocycles. The first kappa shape index (κ1) is 12.9. The Hall–Kier alpha value is -0.120. The van der Waals surface area contributed by atoms with Crippen LogP contribution in [0.1, 0.15) is 41.0 Å². The fraction of sp³-hybridized carbons (Fsp3) is 1.00. The zero-order valence-corrected chi connectivity index (χ0v) is 9.55. The number of nitrogens with two attached hydrogens (primary N) is 1. The van der Waals surface area contributed by atoms with Gasteiger partial charge in [-0.05, 0) is 25.7 Å². The molecule has 13 heavy (non-hydrogen) atoms. The van der Waals surface area contributed by atoms with Crippen LogP contribution in [0.5, 0.6) is 0 Å². The highest BCUT2D eigenvalue weighted by Crippen LogP contribution is 2.24. The van der Waals surface area contributed by atoms with Gasteiger partial charge in [0.25, 0.3) is 0 Å². The normalized spacial score (nSPS) is 15.0. The van der Waals surface area contributed by atoms with Gasteiger partial charge in [0.1, 0.15) is 0 Å². The molecule has 3 heteroatoms. The maximum atomic E-state index is 5.54. The standard InChI is InChI=1S/C10H24N2O/c1-6-10(4,5)9(12-11)7-13-8(2)3/h8-9,12H,6-7,11H2,1-5H3. The van der Waals surface area contributed by atoms with Crippen LogP contribution in [0.4, 0.5) is 0 Å². The SMILES string of the molecule is CCC(C)(C)C(COC(C)C)NN. The predicted molar refractivity (Wildman–Crippen MR) is 56.3 cm³/mol. The van der Waals surface area contributed by atoms with E-state index < -0.39 is 0 Å². The van der Waals surface area contributed by atoms with Crippen LogP contribution in [0.25, 0.3) is 0 Å². The molecule has 0 aliphatic rings. The van der Waals surface area contributed by atoms with Gasteiger partial charge in [-0.15, -0.1) is 0 Å². The van der Waals surface area contributed by atoms with Crippen LogP contribution in [0.2, 0.25) is 0 Å². The lowest BCUT2D eigenvalue weighted by atomic mass is 9.82. The Labute approximate surface area is 82.0 Å². The summed E-state index contributed by atoms with van der Waals surface area (Å²) in [5, 5.41) is 0. The van der Waals surface area contributed by atoms with Gasteiger partial charge in [0.15, 0.2) is 0 Å². The molecule has 0 saturated heterocycles. The molecule has 0 aromatic heterocycles. The van der Waals surface area contributed by atoms with E-state index in [2.05, 4.69) is 26.2 Å². The van der Waals surface area contributed by atoms with Crippen molar-refractivity contribution in [3.05, 3.63) is 0 Å². The van der Waals surface area contributed by atoms with Crippen molar-refractivity contribution in [3.63, 3.8) is 0 Å². The van der Waals surface area contributed by atoms with E-state index >= 15 is 0 Å². The lowest BCUT2D eigenvalue weighted by molar-refractivity contribution is 0.0308. The van der Waals surface area contributed by atoms with Crippen LogP contribution >= 0.6 is 0 Å². The number of rotatable bonds is 6. The smallest absolute Gasteiger partial charge is 0.0641 e. The Morgan fingerprint density at radius 3 is 2.23 bits per heavy atom. The summed E-state index contributed by atoms with van der Waals surface area (Å²) in [6.07, 6.45) is 1.35. The third kappa shape index (κ3) is 4.60. The Balaban J connectivity index is 4.02. The van der Waals surface area contributed by atoms with E-state index in [1.807, 2.05) is 13.8 Å². The quantitative estimate of drug-likeness (QED) is 0.492. The monoisotopic (exact) mass is 188 g/mol. The maximum absolute atomic E-state index is 5.54. The maximum Gasteiger partial charge on any atom is 0.0641 e. The van der Waals surface area contributed by atoms with Crippen molar-refractivity contribution in [1.82, 2.24) is 5.43 Å². The van der Waals surface area contributed by atoms with Crippen molar-refractivity contribution < 1.29 is 4.74 Å². The molecular formula is C10H24N2O. The summed E-state index contributed by atoms with van der Waals surface area (Å²) < 4.78 is 5.54.